The second-order valence-electron chi connectivity index (χ2n) is 5.90. The Morgan fingerprint density at radius 3 is 2.35 bits per heavy atom. The van der Waals surface area contributed by atoms with E-state index in [0.717, 1.165) is 11.3 Å². The largest absolute Gasteiger partial charge is 0.496 e. The molecule has 2 heterocycles. The lowest BCUT2D eigenvalue weighted by Crippen LogP contribution is -2.37. The molecule has 0 aliphatic carbocycles. The van der Waals surface area contributed by atoms with Crippen LogP contribution in [0.2, 0.25) is 0 Å². The molecule has 0 fully saturated rings. The Bertz CT molecular complexity index is 837. The molecule has 1 aliphatic rings. The van der Waals surface area contributed by atoms with Crippen LogP contribution in [0.1, 0.15) is 32.1 Å². The molecule has 0 spiro atoms. The third-order valence-corrected chi connectivity index (χ3v) is 4.55. The first kappa shape index (κ1) is 17.8. The summed E-state index contributed by atoms with van der Waals surface area (Å²) < 4.78 is 17.1. The second-order valence-corrected chi connectivity index (χ2v) is 5.90. The predicted octanol–water partition coefficient (Wildman–Crippen LogP) is 1.42. The average molecular weight is 359 g/mol. The molecular formula is C18H21N3O5. The van der Waals surface area contributed by atoms with Gasteiger partial charge >= 0.3 is 5.97 Å². The molecular weight excluding hydrogens is 338 g/mol. The summed E-state index contributed by atoms with van der Waals surface area (Å²) in [6.07, 6.45) is 0.525. The number of esters is 1. The molecule has 3 rings (SSSR count). The first-order valence-electron chi connectivity index (χ1n) is 8.15. The van der Waals surface area contributed by atoms with Crippen LogP contribution in [-0.4, -0.2) is 54.4 Å². The van der Waals surface area contributed by atoms with Crippen molar-refractivity contribution in [2.45, 2.75) is 13.0 Å². The highest BCUT2D eigenvalue weighted by molar-refractivity contribution is 6.00. The molecule has 0 bridgehead atoms. The van der Waals surface area contributed by atoms with Gasteiger partial charge in [-0.25, -0.2) is 4.79 Å². The lowest BCUT2D eigenvalue weighted by atomic mass is 10.0. The van der Waals surface area contributed by atoms with Crippen LogP contribution < -0.4 is 9.47 Å². The molecule has 0 N–H and O–H groups in total. The number of carbonyl (C=O) groups is 2. The minimum atomic E-state index is -0.465. The predicted molar refractivity (Wildman–Crippen MR) is 92.5 cm³/mol. The standard InChI is InChI=1S/C18H21N3O5/c1-20-12-10-21(9-8-11(12)16(19-20)18(23)26-4)17(22)15-13(24-2)6-5-7-14(15)25-3/h5-7H,8-10H2,1-4H3. The number of hydrogen-bond donors (Lipinski definition) is 0. The maximum absolute atomic E-state index is 13.1. The van der Waals surface area contributed by atoms with E-state index in [1.54, 1.807) is 34.8 Å². The smallest absolute Gasteiger partial charge is 0.358 e. The monoisotopic (exact) mass is 359 g/mol. The fourth-order valence-corrected chi connectivity index (χ4v) is 3.22. The molecule has 1 aliphatic heterocycles. The van der Waals surface area contributed by atoms with Crippen molar-refractivity contribution in [1.82, 2.24) is 14.7 Å². The van der Waals surface area contributed by atoms with E-state index in [1.165, 1.54) is 21.3 Å². The Morgan fingerprint density at radius 2 is 1.77 bits per heavy atom. The Hall–Kier alpha value is -3.03. The SMILES string of the molecule is COC(=O)c1nn(C)c2c1CCN(C(=O)c1c(OC)cccc1OC)C2. The molecule has 1 aromatic heterocycles. The van der Waals surface area contributed by atoms with Gasteiger partial charge in [-0.15, -0.1) is 0 Å². The fraction of sp³-hybridized carbons (Fsp3) is 0.389. The van der Waals surface area contributed by atoms with E-state index in [9.17, 15) is 9.59 Å². The lowest BCUT2D eigenvalue weighted by Gasteiger charge is -2.28. The molecule has 0 unspecified atom stereocenters. The molecule has 0 saturated heterocycles. The van der Waals surface area contributed by atoms with Gasteiger partial charge in [-0.1, -0.05) is 6.07 Å². The van der Waals surface area contributed by atoms with Crippen molar-refractivity contribution < 1.29 is 23.8 Å². The van der Waals surface area contributed by atoms with Gasteiger partial charge in [-0.05, 0) is 18.6 Å². The summed E-state index contributed by atoms with van der Waals surface area (Å²) in [6, 6.07) is 5.22. The second kappa shape index (κ2) is 7.07. The van der Waals surface area contributed by atoms with Gasteiger partial charge in [0.1, 0.15) is 17.1 Å². The molecule has 2 aromatic rings. The molecule has 1 amide bonds. The Balaban J connectivity index is 1.94. The summed E-state index contributed by atoms with van der Waals surface area (Å²) in [6.45, 7) is 0.804. The Labute approximate surface area is 151 Å². The van der Waals surface area contributed by atoms with Gasteiger partial charge in [-0.3, -0.25) is 9.48 Å². The van der Waals surface area contributed by atoms with Crippen molar-refractivity contribution >= 4 is 11.9 Å². The first-order chi connectivity index (χ1) is 12.5. The summed E-state index contributed by atoms with van der Waals surface area (Å²) in [5, 5.41) is 4.25. The van der Waals surface area contributed by atoms with Crippen molar-refractivity contribution in [3.63, 3.8) is 0 Å². The number of hydrogen-bond acceptors (Lipinski definition) is 6. The maximum Gasteiger partial charge on any atom is 0.358 e. The first-order valence-corrected chi connectivity index (χ1v) is 8.15. The van der Waals surface area contributed by atoms with Gasteiger partial charge in [0.2, 0.25) is 0 Å². The van der Waals surface area contributed by atoms with Gasteiger partial charge in [0.25, 0.3) is 5.91 Å². The molecule has 1 aromatic carbocycles. The minimum absolute atomic E-state index is 0.189. The van der Waals surface area contributed by atoms with E-state index < -0.39 is 5.97 Å². The molecule has 0 radical (unpaired) electrons. The van der Waals surface area contributed by atoms with Crippen LogP contribution in [0.4, 0.5) is 0 Å². The summed E-state index contributed by atoms with van der Waals surface area (Å²) in [4.78, 5) is 26.7. The number of nitrogens with zero attached hydrogens (tertiary/aromatic N) is 3. The van der Waals surface area contributed by atoms with Gasteiger partial charge in [-0.2, -0.15) is 5.10 Å². The number of aromatic nitrogens is 2. The zero-order chi connectivity index (χ0) is 18.8. The van der Waals surface area contributed by atoms with Gasteiger partial charge < -0.3 is 19.1 Å². The van der Waals surface area contributed by atoms with E-state index in [4.69, 9.17) is 14.2 Å². The Kier molecular flexibility index (Phi) is 4.83. The van der Waals surface area contributed by atoms with Crippen molar-refractivity contribution in [1.29, 1.82) is 0 Å². The quantitative estimate of drug-likeness (QED) is 0.768. The number of aryl methyl sites for hydroxylation is 1. The van der Waals surface area contributed by atoms with Gasteiger partial charge in [0, 0.05) is 19.2 Å². The number of carbonyl (C=O) groups excluding carboxylic acids is 2. The average Bonchev–Trinajstić information content (AvgIpc) is 3.02. The third kappa shape index (κ3) is 2.87. The Morgan fingerprint density at radius 1 is 1.12 bits per heavy atom. The number of amides is 1. The van der Waals surface area contributed by atoms with Crippen LogP contribution in [-0.2, 0) is 24.8 Å². The molecule has 8 heteroatoms. The molecule has 138 valence electrons. The van der Waals surface area contributed by atoms with Crippen LogP contribution in [0.15, 0.2) is 18.2 Å². The van der Waals surface area contributed by atoms with Crippen molar-refractivity contribution in [2.75, 3.05) is 27.9 Å². The normalized spacial score (nSPS) is 13.2. The van der Waals surface area contributed by atoms with E-state index in [0.29, 0.717) is 42.3 Å². The van der Waals surface area contributed by atoms with Crippen molar-refractivity contribution in [3.05, 3.63) is 40.7 Å². The maximum atomic E-state index is 13.1. The molecule has 0 atom stereocenters. The highest BCUT2D eigenvalue weighted by Gasteiger charge is 2.31. The number of fused-ring (bicyclic) bond motifs is 1. The third-order valence-electron chi connectivity index (χ3n) is 4.55. The number of ether oxygens (including phenoxy) is 3. The molecule has 8 nitrogen and oxygen atoms in total. The molecule has 26 heavy (non-hydrogen) atoms. The van der Waals surface area contributed by atoms with Crippen LogP contribution in [0.5, 0.6) is 11.5 Å². The van der Waals surface area contributed by atoms with Crippen molar-refractivity contribution in [2.24, 2.45) is 7.05 Å². The molecule has 0 saturated carbocycles. The zero-order valence-electron chi connectivity index (χ0n) is 15.2. The lowest BCUT2D eigenvalue weighted by molar-refractivity contribution is 0.0591. The highest BCUT2D eigenvalue weighted by atomic mass is 16.5. The van der Waals surface area contributed by atoms with Gasteiger partial charge in [0.05, 0.1) is 33.6 Å². The number of methoxy groups -OCH3 is 3. The van der Waals surface area contributed by atoms with Crippen LogP contribution in [0.3, 0.4) is 0 Å². The van der Waals surface area contributed by atoms with Crippen LogP contribution in [0, 0.1) is 0 Å². The fourth-order valence-electron chi connectivity index (χ4n) is 3.22. The summed E-state index contributed by atoms with van der Waals surface area (Å²) in [5.74, 6) is 0.264. The van der Waals surface area contributed by atoms with Crippen molar-refractivity contribution in [3.8, 4) is 11.5 Å². The van der Waals surface area contributed by atoms with E-state index in [1.807, 2.05) is 0 Å². The summed E-state index contributed by atoms with van der Waals surface area (Å²) >= 11 is 0. The summed E-state index contributed by atoms with van der Waals surface area (Å²) in [7, 11) is 6.12. The van der Waals surface area contributed by atoms with Gasteiger partial charge in [0.15, 0.2) is 5.69 Å². The minimum Gasteiger partial charge on any atom is -0.496 e. The number of benzene rings is 1. The van der Waals surface area contributed by atoms with E-state index in [2.05, 4.69) is 5.10 Å². The topological polar surface area (TPSA) is 82.9 Å². The van der Waals surface area contributed by atoms with Crippen LogP contribution >= 0.6 is 0 Å². The van der Waals surface area contributed by atoms with Crippen LogP contribution in [0.25, 0.3) is 0 Å². The summed E-state index contributed by atoms with van der Waals surface area (Å²) in [5.41, 5.74) is 2.34. The van der Waals surface area contributed by atoms with E-state index >= 15 is 0 Å². The van der Waals surface area contributed by atoms with E-state index in [-0.39, 0.29) is 5.91 Å². The zero-order valence-corrected chi connectivity index (χ0v) is 15.2. The highest BCUT2D eigenvalue weighted by Crippen LogP contribution is 2.31. The number of rotatable bonds is 4.